The molecule has 0 bridgehead atoms. The Morgan fingerprint density at radius 2 is 2.06 bits per heavy atom. The third-order valence-corrected chi connectivity index (χ3v) is 1.90. The van der Waals surface area contributed by atoms with Gasteiger partial charge in [-0.1, -0.05) is 16.8 Å². The second kappa shape index (κ2) is 7.41. The number of nitrogens with zero attached hydrogens (tertiary/aromatic N) is 1. The van der Waals surface area contributed by atoms with Gasteiger partial charge in [0, 0.05) is 39.8 Å². The van der Waals surface area contributed by atoms with Crippen LogP contribution in [0.1, 0.15) is 11.1 Å². The number of rotatable bonds is 3. The quantitative estimate of drug-likeness (QED) is 0.513. The van der Waals surface area contributed by atoms with Crippen molar-refractivity contribution in [2.45, 2.75) is 0 Å². The fourth-order valence-corrected chi connectivity index (χ4v) is 1.17. The number of nitrogens with one attached hydrogen (secondary N) is 1. The fraction of sp³-hybridized carbons (Fsp3) is 0.182. The Morgan fingerprint density at radius 3 is 2.56 bits per heavy atom. The van der Waals surface area contributed by atoms with E-state index in [9.17, 15) is 4.79 Å². The number of hydrogen-bond acceptors (Lipinski definition) is 3. The SMILES string of the molecule is [CH2-]c1ccccc1/C(=N\OC)C(=O)NC.[Y]. The molecule has 0 saturated carbocycles. The van der Waals surface area contributed by atoms with E-state index in [0.29, 0.717) is 5.56 Å². The van der Waals surface area contributed by atoms with E-state index in [0.717, 1.165) is 5.56 Å². The van der Waals surface area contributed by atoms with E-state index in [2.05, 4.69) is 22.2 Å². The van der Waals surface area contributed by atoms with E-state index in [-0.39, 0.29) is 44.3 Å². The van der Waals surface area contributed by atoms with E-state index in [1.807, 2.05) is 18.2 Å². The number of carbonyl (C=O) groups is 1. The molecule has 0 saturated heterocycles. The third kappa shape index (κ3) is 3.61. The molecule has 4 nitrogen and oxygen atoms in total. The maximum Gasteiger partial charge on any atom is 0.261 e. The fourth-order valence-electron chi connectivity index (χ4n) is 1.17. The Labute approximate surface area is 120 Å². The Hall–Kier alpha value is -0.866. The Balaban J connectivity index is 0.00000225. The van der Waals surface area contributed by atoms with Crippen molar-refractivity contribution in [2.24, 2.45) is 5.16 Å². The Bertz CT molecular complexity index is 391. The van der Waals surface area contributed by atoms with Crippen LogP contribution in [-0.4, -0.2) is 25.8 Å². The minimum Gasteiger partial charge on any atom is -0.399 e. The monoisotopic (exact) mass is 294 g/mol. The summed E-state index contributed by atoms with van der Waals surface area (Å²) in [6.45, 7) is 3.82. The molecule has 1 N–H and O–H groups in total. The summed E-state index contributed by atoms with van der Waals surface area (Å²) >= 11 is 0. The Morgan fingerprint density at radius 1 is 1.44 bits per heavy atom. The number of amides is 1. The van der Waals surface area contributed by atoms with Crippen molar-refractivity contribution in [1.29, 1.82) is 0 Å². The summed E-state index contributed by atoms with van der Waals surface area (Å²) < 4.78 is 0. The molecule has 0 aliphatic heterocycles. The minimum atomic E-state index is -0.298. The molecule has 1 amide bonds. The zero-order valence-corrected chi connectivity index (χ0v) is 12.2. The second-order valence-electron chi connectivity index (χ2n) is 2.86. The van der Waals surface area contributed by atoms with Gasteiger partial charge in [0.1, 0.15) is 12.8 Å². The summed E-state index contributed by atoms with van der Waals surface area (Å²) in [6, 6.07) is 7.25. The van der Waals surface area contributed by atoms with Crippen molar-refractivity contribution in [3.8, 4) is 0 Å². The van der Waals surface area contributed by atoms with Crippen LogP contribution in [-0.2, 0) is 42.3 Å². The van der Waals surface area contributed by atoms with Crippen LogP contribution in [0.3, 0.4) is 0 Å². The first kappa shape index (κ1) is 15.1. The van der Waals surface area contributed by atoms with Crippen molar-refractivity contribution < 1.29 is 42.3 Å². The normalized spacial score (nSPS) is 10.2. The number of benzene rings is 1. The predicted octanol–water partition coefficient (Wildman–Crippen LogP) is 0.963. The number of carbonyl (C=O) groups excluding carboxylic acids is 1. The Kier molecular flexibility index (Phi) is 7.01. The molecule has 1 aromatic rings. The average molecular weight is 294 g/mol. The van der Waals surface area contributed by atoms with Crippen LogP contribution >= 0.6 is 0 Å². The van der Waals surface area contributed by atoms with Crippen LogP contribution in [0, 0.1) is 6.92 Å². The first-order valence-corrected chi connectivity index (χ1v) is 4.45. The summed E-state index contributed by atoms with van der Waals surface area (Å²) in [5.74, 6) is -0.298. The molecule has 5 heteroatoms. The van der Waals surface area contributed by atoms with Gasteiger partial charge in [-0.2, -0.15) is 18.6 Å². The van der Waals surface area contributed by atoms with Gasteiger partial charge in [-0.25, -0.2) is 0 Å². The summed E-state index contributed by atoms with van der Waals surface area (Å²) in [7, 11) is 2.94. The second-order valence-corrected chi connectivity index (χ2v) is 2.86. The van der Waals surface area contributed by atoms with Gasteiger partial charge in [0.25, 0.3) is 5.91 Å². The molecule has 0 aliphatic rings. The van der Waals surface area contributed by atoms with Gasteiger partial charge in [0.15, 0.2) is 0 Å². The van der Waals surface area contributed by atoms with Gasteiger partial charge in [-0.05, 0) is 0 Å². The molecule has 0 fully saturated rings. The molecule has 0 aliphatic carbocycles. The zero-order chi connectivity index (χ0) is 11.3. The van der Waals surface area contributed by atoms with Gasteiger partial charge < -0.3 is 10.2 Å². The van der Waals surface area contributed by atoms with Gasteiger partial charge in [-0.3, -0.25) is 4.79 Å². The third-order valence-electron chi connectivity index (χ3n) is 1.90. The number of oxime groups is 1. The summed E-state index contributed by atoms with van der Waals surface area (Å²) in [5.41, 5.74) is 1.63. The van der Waals surface area contributed by atoms with Crippen molar-refractivity contribution in [3.05, 3.63) is 42.3 Å². The standard InChI is InChI=1S/C11H13N2O2.Y/c1-8-6-4-5-7-9(8)10(13-15-3)11(14)12-2;/h4-7H,1H2,2-3H3,(H,12,14);/q-1;/b13-10+;. The summed E-state index contributed by atoms with van der Waals surface area (Å²) in [5, 5.41) is 6.19. The van der Waals surface area contributed by atoms with Crippen molar-refractivity contribution in [1.82, 2.24) is 5.32 Å². The van der Waals surface area contributed by atoms with E-state index in [1.165, 1.54) is 7.11 Å². The number of hydrogen-bond donors (Lipinski definition) is 1. The summed E-state index contributed by atoms with van der Waals surface area (Å²) in [4.78, 5) is 16.1. The summed E-state index contributed by atoms with van der Waals surface area (Å²) in [6.07, 6.45) is 0. The molecule has 1 radical (unpaired) electrons. The van der Waals surface area contributed by atoms with Crippen LogP contribution < -0.4 is 5.32 Å². The molecule has 0 unspecified atom stereocenters. The van der Waals surface area contributed by atoms with Crippen molar-refractivity contribution in [3.63, 3.8) is 0 Å². The molecule has 0 heterocycles. The van der Waals surface area contributed by atoms with E-state index in [4.69, 9.17) is 0 Å². The smallest absolute Gasteiger partial charge is 0.261 e. The molecular weight excluding hydrogens is 281 g/mol. The zero-order valence-electron chi connectivity index (χ0n) is 9.36. The van der Waals surface area contributed by atoms with Crippen LogP contribution in [0.5, 0.6) is 0 Å². The molecule has 0 atom stereocenters. The van der Waals surface area contributed by atoms with E-state index >= 15 is 0 Å². The molecule has 0 aromatic heterocycles. The topological polar surface area (TPSA) is 50.7 Å². The van der Waals surface area contributed by atoms with Gasteiger partial charge in [0.05, 0.1) is 0 Å². The molecule has 16 heavy (non-hydrogen) atoms. The maximum absolute atomic E-state index is 11.5. The van der Waals surface area contributed by atoms with Gasteiger partial charge >= 0.3 is 0 Å². The number of likely N-dealkylation sites (N-methyl/N-ethyl adjacent to an activating group) is 1. The van der Waals surface area contributed by atoms with Crippen LogP contribution in [0.15, 0.2) is 29.4 Å². The van der Waals surface area contributed by atoms with Crippen molar-refractivity contribution >= 4 is 11.6 Å². The van der Waals surface area contributed by atoms with Crippen LogP contribution in [0.25, 0.3) is 0 Å². The van der Waals surface area contributed by atoms with Crippen LogP contribution in [0.4, 0.5) is 0 Å². The first-order chi connectivity index (χ1) is 7.20. The molecule has 1 rings (SSSR count). The molecule has 0 spiro atoms. The largest absolute Gasteiger partial charge is 0.399 e. The molecular formula is C11H13N2O2Y-. The van der Waals surface area contributed by atoms with E-state index < -0.39 is 0 Å². The minimum absolute atomic E-state index is 0. The first-order valence-electron chi connectivity index (χ1n) is 4.45. The van der Waals surface area contributed by atoms with E-state index in [1.54, 1.807) is 13.1 Å². The van der Waals surface area contributed by atoms with Gasteiger partial charge in [-0.15, -0.1) is 12.1 Å². The molecule has 83 valence electrons. The van der Waals surface area contributed by atoms with Crippen molar-refractivity contribution in [2.75, 3.05) is 14.2 Å². The molecule has 1 aromatic carbocycles. The van der Waals surface area contributed by atoms with Crippen LogP contribution in [0.2, 0.25) is 0 Å². The van der Waals surface area contributed by atoms with Gasteiger partial charge in [0.2, 0.25) is 0 Å². The average Bonchev–Trinajstić information content (AvgIpc) is 2.26. The predicted molar refractivity (Wildman–Crippen MR) is 58.5 cm³/mol. The maximum atomic E-state index is 11.5.